The van der Waals surface area contributed by atoms with Gasteiger partial charge in [0.05, 0.1) is 11.5 Å². The number of aliphatic hydroxyl groups is 1. The van der Waals surface area contributed by atoms with Crippen LogP contribution in [0.5, 0.6) is 0 Å². The second-order valence-electron chi connectivity index (χ2n) is 3.97. The highest BCUT2D eigenvalue weighted by molar-refractivity contribution is 5.18. The minimum absolute atomic E-state index is 0.517. The number of nitriles is 1. The molecule has 3 nitrogen and oxygen atoms in total. The highest BCUT2D eigenvalue weighted by Gasteiger charge is 2.45. The van der Waals surface area contributed by atoms with Crippen molar-refractivity contribution in [3.05, 3.63) is 23.7 Å². The Labute approximate surface area is 83.0 Å². The molecular weight excluding hydrogens is 178 g/mol. The fraction of sp³-hybridized carbons (Fsp3) is 0.545. The highest BCUT2D eigenvalue weighted by atomic mass is 16.4. The van der Waals surface area contributed by atoms with Crippen LogP contribution in [0.4, 0.5) is 0 Å². The van der Waals surface area contributed by atoms with Gasteiger partial charge in [-0.1, -0.05) is 6.42 Å². The first-order chi connectivity index (χ1) is 6.68. The lowest BCUT2D eigenvalue weighted by molar-refractivity contribution is -0.00675. The molecule has 0 aromatic carbocycles. The summed E-state index contributed by atoms with van der Waals surface area (Å²) in [6.07, 6.45) is 1.79. The molecule has 74 valence electrons. The van der Waals surface area contributed by atoms with Crippen molar-refractivity contribution >= 4 is 0 Å². The van der Waals surface area contributed by atoms with Gasteiger partial charge in [-0.15, -0.1) is 0 Å². The van der Waals surface area contributed by atoms with Crippen LogP contribution in [0.2, 0.25) is 0 Å². The molecule has 1 unspecified atom stereocenters. The van der Waals surface area contributed by atoms with E-state index in [1.807, 2.05) is 13.0 Å². The Hall–Kier alpha value is -1.27. The molecular formula is C11H13NO2. The summed E-state index contributed by atoms with van der Waals surface area (Å²) in [4.78, 5) is 0. The normalized spacial score (nSPS) is 20.9. The topological polar surface area (TPSA) is 57.2 Å². The van der Waals surface area contributed by atoms with Crippen molar-refractivity contribution < 1.29 is 9.52 Å². The third-order valence-corrected chi connectivity index (χ3v) is 3.02. The van der Waals surface area contributed by atoms with Crippen molar-refractivity contribution in [3.63, 3.8) is 0 Å². The van der Waals surface area contributed by atoms with Crippen molar-refractivity contribution in [1.29, 1.82) is 5.26 Å². The van der Waals surface area contributed by atoms with E-state index in [2.05, 4.69) is 6.07 Å². The maximum Gasteiger partial charge on any atom is 0.134 e. The van der Waals surface area contributed by atoms with Gasteiger partial charge in [-0.05, 0) is 31.9 Å². The third kappa shape index (κ3) is 1.23. The molecule has 0 amide bonds. The van der Waals surface area contributed by atoms with Crippen LogP contribution in [0.3, 0.4) is 0 Å². The van der Waals surface area contributed by atoms with Gasteiger partial charge in [0.15, 0.2) is 0 Å². The van der Waals surface area contributed by atoms with E-state index in [9.17, 15) is 5.11 Å². The smallest absolute Gasteiger partial charge is 0.134 e. The number of aryl methyl sites for hydroxylation is 1. The summed E-state index contributed by atoms with van der Waals surface area (Å²) in [6, 6.07) is 5.77. The van der Waals surface area contributed by atoms with Crippen molar-refractivity contribution in [1.82, 2.24) is 0 Å². The minimum Gasteiger partial charge on any atom is -0.464 e. The molecule has 1 heterocycles. The highest BCUT2D eigenvalue weighted by Crippen LogP contribution is 2.49. The van der Waals surface area contributed by atoms with Gasteiger partial charge in [-0.25, -0.2) is 0 Å². The molecule has 0 spiro atoms. The lowest BCUT2D eigenvalue weighted by atomic mass is 9.65. The Bertz CT molecular complexity index is 371. The Morgan fingerprint density at radius 1 is 1.57 bits per heavy atom. The second kappa shape index (κ2) is 3.14. The lowest BCUT2D eigenvalue weighted by Gasteiger charge is -2.38. The lowest BCUT2D eigenvalue weighted by Crippen LogP contribution is -2.34. The van der Waals surface area contributed by atoms with Crippen molar-refractivity contribution in [2.24, 2.45) is 5.41 Å². The first kappa shape index (κ1) is 9.29. The molecule has 1 N–H and O–H groups in total. The van der Waals surface area contributed by atoms with Crippen LogP contribution in [0.25, 0.3) is 0 Å². The molecule has 1 atom stereocenters. The molecule has 1 aromatic heterocycles. The quantitative estimate of drug-likeness (QED) is 0.780. The van der Waals surface area contributed by atoms with Gasteiger partial charge in [-0.3, -0.25) is 0 Å². The Morgan fingerprint density at radius 2 is 2.29 bits per heavy atom. The van der Waals surface area contributed by atoms with E-state index in [1.165, 1.54) is 0 Å². The van der Waals surface area contributed by atoms with Crippen LogP contribution in [-0.4, -0.2) is 5.11 Å². The summed E-state index contributed by atoms with van der Waals surface area (Å²) in [5, 5.41) is 19.0. The third-order valence-electron chi connectivity index (χ3n) is 3.02. The fourth-order valence-corrected chi connectivity index (χ4v) is 1.88. The van der Waals surface area contributed by atoms with Crippen molar-refractivity contribution in [2.45, 2.75) is 32.3 Å². The molecule has 0 radical (unpaired) electrons. The minimum atomic E-state index is -0.769. The predicted octanol–water partition coefficient (Wildman–Crippen LogP) is 2.32. The molecule has 0 bridgehead atoms. The maximum atomic E-state index is 9.99. The van der Waals surface area contributed by atoms with Crippen molar-refractivity contribution in [2.75, 3.05) is 0 Å². The van der Waals surface area contributed by atoms with Gasteiger partial charge in [-0.2, -0.15) is 5.26 Å². The number of hydrogen-bond donors (Lipinski definition) is 1. The van der Waals surface area contributed by atoms with Crippen molar-refractivity contribution in [3.8, 4) is 6.07 Å². The summed E-state index contributed by atoms with van der Waals surface area (Å²) >= 11 is 0. The molecule has 0 aliphatic heterocycles. The number of nitrogens with zero attached hydrogens (tertiary/aromatic N) is 1. The van der Waals surface area contributed by atoms with E-state index < -0.39 is 11.5 Å². The van der Waals surface area contributed by atoms with Gasteiger partial charge in [0, 0.05) is 0 Å². The van der Waals surface area contributed by atoms with Crippen LogP contribution >= 0.6 is 0 Å². The largest absolute Gasteiger partial charge is 0.464 e. The van der Waals surface area contributed by atoms with E-state index >= 15 is 0 Å². The molecule has 3 heteroatoms. The average molecular weight is 191 g/mol. The van der Waals surface area contributed by atoms with E-state index in [0.717, 1.165) is 25.0 Å². The molecule has 1 aliphatic carbocycles. The number of rotatable bonds is 2. The zero-order valence-electron chi connectivity index (χ0n) is 8.16. The molecule has 2 rings (SSSR count). The van der Waals surface area contributed by atoms with Crippen LogP contribution in [0.1, 0.15) is 36.9 Å². The van der Waals surface area contributed by atoms with E-state index in [1.54, 1.807) is 6.07 Å². The second-order valence-corrected chi connectivity index (χ2v) is 3.97. The molecule has 14 heavy (non-hydrogen) atoms. The maximum absolute atomic E-state index is 9.99. The zero-order valence-corrected chi connectivity index (χ0v) is 8.16. The van der Waals surface area contributed by atoms with E-state index in [-0.39, 0.29) is 0 Å². The first-order valence-corrected chi connectivity index (χ1v) is 4.84. The van der Waals surface area contributed by atoms with Crippen LogP contribution in [0.15, 0.2) is 16.5 Å². The molecule has 1 aliphatic rings. The number of furan rings is 1. The van der Waals surface area contributed by atoms with E-state index in [4.69, 9.17) is 9.68 Å². The monoisotopic (exact) mass is 191 g/mol. The predicted molar refractivity (Wildman–Crippen MR) is 50.3 cm³/mol. The Morgan fingerprint density at radius 3 is 2.64 bits per heavy atom. The Balaban J connectivity index is 2.23. The van der Waals surface area contributed by atoms with Gasteiger partial charge in [0.25, 0.3) is 0 Å². The Kier molecular flexibility index (Phi) is 2.09. The van der Waals surface area contributed by atoms with Gasteiger partial charge >= 0.3 is 0 Å². The number of aliphatic hydroxyl groups excluding tert-OH is 1. The van der Waals surface area contributed by atoms with E-state index in [0.29, 0.717) is 5.76 Å². The zero-order chi connectivity index (χ0) is 10.2. The molecule has 0 saturated heterocycles. The summed E-state index contributed by atoms with van der Waals surface area (Å²) in [5.41, 5.74) is -0.593. The molecule has 1 saturated carbocycles. The summed E-state index contributed by atoms with van der Waals surface area (Å²) < 4.78 is 5.33. The van der Waals surface area contributed by atoms with Gasteiger partial charge in [0.2, 0.25) is 0 Å². The SMILES string of the molecule is Cc1ccc(C(O)C2(C#N)CCC2)o1. The fourth-order valence-electron chi connectivity index (χ4n) is 1.88. The summed E-state index contributed by atoms with van der Waals surface area (Å²) in [5.74, 6) is 1.29. The first-order valence-electron chi connectivity index (χ1n) is 4.84. The number of hydrogen-bond acceptors (Lipinski definition) is 3. The average Bonchev–Trinajstić information content (AvgIpc) is 2.50. The standard InChI is InChI=1S/C11H13NO2/c1-8-3-4-9(14-8)10(13)11(7-12)5-2-6-11/h3-4,10,13H,2,5-6H2,1H3. The van der Waals surface area contributed by atoms with Gasteiger partial charge < -0.3 is 9.52 Å². The van der Waals surface area contributed by atoms with Crippen LogP contribution in [-0.2, 0) is 0 Å². The molecule has 1 aromatic rings. The molecule has 1 fully saturated rings. The summed E-state index contributed by atoms with van der Waals surface area (Å²) in [6.45, 7) is 1.83. The van der Waals surface area contributed by atoms with Gasteiger partial charge in [0.1, 0.15) is 17.6 Å². The van der Waals surface area contributed by atoms with Crippen LogP contribution in [0, 0.1) is 23.7 Å². The van der Waals surface area contributed by atoms with Crippen LogP contribution < -0.4 is 0 Å². The summed E-state index contributed by atoms with van der Waals surface area (Å²) in [7, 11) is 0.